The second-order valence-electron chi connectivity index (χ2n) is 3.37. The molecule has 4 nitrogen and oxygen atoms in total. The van der Waals surface area contributed by atoms with E-state index in [4.69, 9.17) is 16.3 Å². The van der Waals surface area contributed by atoms with Crippen LogP contribution in [-0.2, 0) is 4.74 Å². The van der Waals surface area contributed by atoms with E-state index in [1.54, 1.807) is 24.3 Å². The summed E-state index contributed by atoms with van der Waals surface area (Å²) in [5.74, 6) is -0.0298. The van der Waals surface area contributed by atoms with E-state index in [-0.39, 0.29) is 0 Å². The summed E-state index contributed by atoms with van der Waals surface area (Å²) >= 11 is 5.80. The lowest BCUT2D eigenvalue weighted by Crippen LogP contribution is -2.04. The Morgan fingerprint density at radius 1 is 1.29 bits per heavy atom. The van der Waals surface area contributed by atoms with Crippen molar-refractivity contribution in [1.29, 1.82) is 0 Å². The number of fused-ring (bicyclic) bond motifs is 1. The van der Waals surface area contributed by atoms with Gasteiger partial charge in [-0.15, -0.1) is 0 Å². The van der Waals surface area contributed by atoms with Crippen molar-refractivity contribution < 1.29 is 14.3 Å². The molecule has 88 valence electrons. The average Bonchev–Trinajstić information content (AvgIpc) is 2.36. The number of nitrogens with zero attached hydrogens (tertiary/aromatic N) is 1. The minimum atomic E-state index is -0.446. The molecule has 0 N–H and O–H groups in total. The number of carbonyl (C=O) groups excluding carboxylic acids is 1. The number of carbonyl (C=O) groups is 1. The molecular weight excluding hydrogens is 242 g/mol. The highest BCUT2D eigenvalue weighted by Crippen LogP contribution is 2.26. The van der Waals surface area contributed by atoms with E-state index in [9.17, 15) is 4.79 Å². The van der Waals surface area contributed by atoms with Crippen LogP contribution in [-0.4, -0.2) is 25.2 Å². The Hall–Kier alpha value is -1.81. The molecule has 0 amide bonds. The number of esters is 1. The first-order valence-corrected chi connectivity index (χ1v) is 5.26. The first-order chi connectivity index (χ1) is 8.15. The van der Waals surface area contributed by atoms with Gasteiger partial charge in [0.05, 0.1) is 19.7 Å². The van der Waals surface area contributed by atoms with Gasteiger partial charge in [-0.1, -0.05) is 11.6 Å². The predicted octanol–water partition coefficient (Wildman–Crippen LogP) is 2.68. The number of rotatable bonds is 2. The highest BCUT2D eigenvalue weighted by Gasteiger charge is 2.14. The van der Waals surface area contributed by atoms with Crippen LogP contribution in [0.2, 0.25) is 5.15 Å². The van der Waals surface area contributed by atoms with Gasteiger partial charge in [-0.3, -0.25) is 0 Å². The average molecular weight is 252 g/mol. The normalized spacial score (nSPS) is 10.3. The molecule has 2 rings (SSSR count). The minimum Gasteiger partial charge on any atom is -0.496 e. The number of halogens is 1. The number of methoxy groups -OCH3 is 2. The fourth-order valence-corrected chi connectivity index (χ4v) is 1.72. The Bertz CT molecular complexity index is 583. The van der Waals surface area contributed by atoms with Crippen LogP contribution < -0.4 is 4.74 Å². The van der Waals surface area contributed by atoms with Gasteiger partial charge in [0.2, 0.25) is 0 Å². The summed E-state index contributed by atoms with van der Waals surface area (Å²) in [5.41, 5.74) is 1.04. The molecular formula is C12H10ClNO3. The third-order valence-electron chi connectivity index (χ3n) is 2.38. The first-order valence-electron chi connectivity index (χ1n) is 4.88. The van der Waals surface area contributed by atoms with Gasteiger partial charge < -0.3 is 9.47 Å². The molecule has 0 aliphatic heterocycles. The van der Waals surface area contributed by atoms with Crippen molar-refractivity contribution in [1.82, 2.24) is 4.98 Å². The van der Waals surface area contributed by atoms with Gasteiger partial charge in [-0.05, 0) is 18.2 Å². The van der Waals surface area contributed by atoms with E-state index in [0.29, 0.717) is 22.0 Å². The highest BCUT2D eigenvalue weighted by molar-refractivity contribution is 6.29. The van der Waals surface area contributed by atoms with Crippen LogP contribution in [0.25, 0.3) is 10.9 Å². The maximum Gasteiger partial charge on any atom is 0.341 e. The lowest BCUT2D eigenvalue weighted by molar-refractivity contribution is 0.0597. The SMILES string of the molecule is COC(=O)c1cc2ccc(Cl)nc2cc1OC. The van der Waals surface area contributed by atoms with Crippen molar-refractivity contribution in [2.45, 2.75) is 0 Å². The Morgan fingerprint density at radius 3 is 2.71 bits per heavy atom. The zero-order valence-electron chi connectivity index (χ0n) is 9.36. The summed E-state index contributed by atoms with van der Waals surface area (Å²) in [6, 6.07) is 6.78. The number of ether oxygens (including phenoxy) is 2. The van der Waals surface area contributed by atoms with E-state index in [0.717, 1.165) is 5.39 Å². The van der Waals surface area contributed by atoms with Crippen LogP contribution in [0.4, 0.5) is 0 Å². The predicted molar refractivity (Wildman–Crippen MR) is 64.6 cm³/mol. The van der Waals surface area contributed by atoms with Gasteiger partial charge in [0.25, 0.3) is 0 Å². The zero-order valence-corrected chi connectivity index (χ0v) is 10.1. The van der Waals surface area contributed by atoms with Gasteiger partial charge in [0, 0.05) is 11.5 Å². The van der Waals surface area contributed by atoms with Crippen LogP contribution in [0.3, 0.4) is 0 Å². The van der Waals surface area contributed by atoms with Crippen molar-refractivity contribution in [3.05, 3.63) is 35.0 Å². The molecule has 0 bridgehead atoms. The fourth-order valence-electron chi connectivity index (χ4n) is 1.57. The van der Waals surface area contributed by atoms with Crippen molar-refractivity contribution in [3.8, 4) is 5.75 Å². The molecule has 0 radical (unpaired) electrons. The monoisotopic (exact) mass is 251 g/mol. The summed E-state index contributed by atoms with van der Waals surface area (Å²) in [6.07, 6.45) is 0. The molecule has 1 aromatic heterocycles. The van der Waals surface area contributed by atoms with Crippen molar-refractivity contribution in [2.75, 3.05) is 14.2 Å². The number of hydrogen-bond donors (Lipinski definition) is 0. The number of pyridine rings is 1. The summed E-state index contributed by atoms with van der Waals surface area (Å²) in [6.45, 7) is 0. The molecule has 2 aromatic rings. The molecule has 0 unspecified atom stereocenters. The van der Waals surface area contributed by atoms with Crippen LogP contribution in [0, 0.1) is 0 Å². The van der Waals surface area contributed by atoms with Crippen LogP contribution in [0.5, 0.6) is 5.75 Å². The first kappa shape index (κ1) is 11.7. The van der Waals surface area contributed by atoms with Crippen LogP contribution >= 0.6 is 11.6 Å². The number of aromatic nitrogens is 1. The van der Waals surface area contributed by atoms with Crippen LogP contribution in [0.1, 0.15) is 10.4 Å². The molecule has 0 saturated carbocycles. The Kier molecular flexibility index (Phi) is 3.15. The lowest BCUT2D eigenvalue weighted by Gasteiger charge is -2.08. The Morgan fingerprint density at radius 2 is 2.06 bits per heavy atom. The second kappa shape index (κ2) is 4.59. The third kappa shape index (κ3) is 2.17. The van der Waals surface area contributed by atoms with Crippen LogP contribution in [0.15, 0.2) is 24.3 Å². The largest absolute Gasteiger partial charge is 0.496 e. The molecule has 0 aliphatic rings. The van der Waals surface area contributed by atoms with Gasteiger partial charge in [0.15, 0.2) is 0 Å². The molecule has 1 heterocycles. The second-order valence-corrected chi connectivity index (χ2v) is 3.76. The number of benzene rings is 1. The third-order valence-corrected chi connectivity index (χ3v) is 2.59. The van der Waals surface area contributed by atoms with E-state index >= 15 is 0 Å². The highest BCUT2D eigenvalue weighted by atomic mass is 35.5. The maximum atomic E-state index is 11.6. The minimum absolute atomic E-state index is 0.367. The lowest BCUT2D eigenvalue weighted by atomic mass is 10.1. The molecule has 5 heteroatoms. The topological polar surface area (TPSA) is 48.4 Å². The molecule has 0 aliphatic carbocycles. The molecule has 0 saturated heterocycles. The van der Waals surface area contributed by atoms with Gasteiger partial charge >= 0.3 is 5.97 Å². The molecule has 0 fully saturated rings. The summed E-state index contributed by atoms with van der Waals surface area (Å²) < 4.78 is 9.82. The quantitative estimate of drug-likeness (QED) is 0.608. The van der Waals surface area contributed by atoms with E-state index in [1.165, 1.54) is 14.2 Å². The van der Waals surface area contributed by atoms with Crippen molar-refractivity contribution in [2.24, 2.45) is 0 Å². The zero-order chi connectivity index (χ0) is 12.4. The van der Waals surface area contributed by atoms with E-state index in [2.05, 4.69) is 9.72 Å². The molecule has 17 heavy (non-hydrogen) atoms. The summed E-state index contributed by atoms with van der Waals surface area (Å²) in [7, 11) is 2.81. The van der Waals surface area contributed by atoms with Crippen molar-refractivity contribution in [3.63, 3.8) is 0 Å². The fraction of sp³-hybridized carbons (Fsp3) is 0.167. The van der Waals surface area contributed by atoms with Gasteiger partial charge in [0.1, 0.15) is 16.5 Å². The molecule has 0 spiro atoms. The van der Waals surface area contributed by atoms with Crippen molar-refractivity contribution >= 4 is 28.5 Å². The smallest absolute Gasteiger partial charge is 0.341 e. The maximum absolute atomic E-state index is 11.6. The Labute approximate surface area is 103 Å². The molecule has 1 aromatic carbocycles. The summed E-state index contributed by atoms with van der Waals surface area (Å²) in [5, 5.41) is 1.20. The van der Waals surface area contributed by atoms with E-state index in [1.807, 2.05) is 0 Å². The Balaban J connectivity index is 2.68. The van der Waals surface area contributed by atoms with Gasteiger partial charge in [-0.25, -0.2) is 9.78 Å². The number of hydrogen-bond acceptors (Lipinski definition) is 4. The summed E-state index contributed by atoms with van der Waals surface area (Å²) in [4.78, 5) is 15.7. The van der Waals surface area contributed by atoms with E-state index < -0.39 is 5.97 Å². The van der Waals surface area contributed by atoms with Gasteiger partial charge in [-0.2, -0.15) is 0 Å². The molecule has 0 atom stereocenters. The standard InChI is InChI=1S/C12H10ClNO3/c1-16-10-6-9-7(3-4-11(13)14-9)5-8(10)12(15)17-2/h3-6H,1-2H3.